The minimum Gasteiger partial charge on any atom is -0.307 e. The fourth-order valence-electron chi connectivity index (χ4n) is 1.15. The van der Waals surface area contributed by atoms with Crippen molar-refractivity contribution in [2.45, 2.75) is 19.5 Å². The van der Waals surface area contributed by atoms with E-state index in [0.717, 1.165) is 10.0 Å². The molecule has 1 unspecified atom stereocenters. The summed E-state index contributed by atoms with van der Waals surface area (Å²) < 4.78 is 0.741. The molecule has 1 rings (SSSR count). The number of hydrogen-bond donors (Lipinski definition) is 1. The molecule has 0 bridgehead atoms. The Morgan fingerprint density at radius 1 is 1.69 bits per heavy atom. The van der Waals surface area contributed by atoms with Crippen molar-refractivity contribution in [2.24, 2.45) is 0 Å². The largest absolute Gasteiger partial charge is 0.307 e. The van der Waals surface area contributed by atoms with Crippen LogP contribution in [0.5, 0.6) is 0 Å². The molecule has 0 aliphatic carbocycles. The summed E-state index contributed by atoms with van der Waals surface area (Å²) in [5.41, 5.74) is 1.08. The van der Waals surface area contributed by atoms with E-state index in [-0.39, 0.29) is 11.7 Å². The molecule has 0 saturated carbocycles. The monoisotopic (exact) mass is 284 g/mol. The van der Waals surface area contributed by atoms with Crippen LogP contribution < -0.4 is 5.32 Å². The zero-order valence-corrected chi connectivity index (χ0v) is 10.5. The average Bonchev–Trinajstić information content (AvgIpc) is 2.26. The quantitative estimate of drug-likeness (QED) is 0.514. The van der Waals surface area contributed by atoms with Gasteiger partial charge in [0, 0.05) is 29.2 Å². The molecule has 0 saturated heterocycles. The highest BCUT2D eigenvalue weighted by atomic mass is 79.9. The Kier molecular flexibility index (Phi) is 4.64. The van der Waals surface area contributed by atoms with Crippen molar-refractivity contribution in [2.75, 3.05) is 0 Å². The molecule has 0 fully saturated rings. The second-order valence-electron chi connectivity index (χ2n) is 3.44. The topological polar surface area (TPSA) is 55.2 Å². The van der Waals surface area contributed by atoms with Crippen LogP contribution in [0.4, 0.5) is 5.69 Å². The van der Waals surface area contributed by atoms with Crippen molar-refractivity contribution in [1.82, 2.24) is 5.32 Å². The van der Waals surface area contributed by atoms with E-state index in [4.69, 9.17) is 0 Å². The van der Waals surface area contributed by atoms with Gasteiger partial charge in [0.25, 0.3) is 5.69 Å². The minimum absolute atomic E-state index is 0.0902. The summed E-state index contributed by atoms with van der Waals surface area (Å²) in [6.07, 6.45) is 1.80. The number of rotatable bonds is 5. The van der Waals surface area contributed by atoms with Gasteiger partial charge in [-0.1, -0.05) is 22.0 Å². The van der Waals surface area contributed by atoms with E-state index >= 15 is 0 Å². The van der Waals surface area contributed by atoms with Gasteiger partial charge in [0.2, 0.25) is 0 Å². The Morgan fingerprint density at radius 3 is 2.88 bits per heavy atom. The number of halogens is 1. The number of nitrogens with zero attached hydrogens (tertiary/aromatic N) is 1. The zero-order chi connectivity index (χ0) is 12.1. The maximum absolute atomic E-state index is 10.5. The third-order valence-electron chi connectivity index (χ3n) is 2.22. The summed E-state index contributed by atoms with van der Waals surface area (Å²) in [5.74, 6) is 0. The molecule has 0 aliphatic heterocycles. The van der Waals surface area contributed by atoms with E-state index in [1.165, 1.54) is 12.1 Å². The number of nitro groups is 1. The lowest BCUT2D eigenvalue weighted by atomic mass is 10.2. The predicted octanol–water partition coefficient (Wildman–Crippen LogP) is 3.02. The Bertz CT molecular complexity index is 407. The standard InChI is InChI=1S/C11H13BrN2O2/c1-3-8(2)13-7-9-4-5-10(14(15)16)6-11(9)12/h3-6,8,13H,1,7H2,2H3. The van der Waals surface area contributed by atoms with Gasteiger partial charge in [-0.25, -0.2) is 0 Å². The second kappa shape index (κ2) is 5.77. The molecule has 1 N–H and O–H groups in total. The van der Waals surface area contributed by atoms with E-state index in [2.05, 4.69) is 27.8 Å². The van der Waals surface area contributed by atoms with E-state index in [1.807, 2.05) is 6.92 Å². The number of nitrogens with one attached hydrogen (secondary N) is 1. The van der Waals surface area contributed by atoms with Crippen molar-refractivity contribution in [1.29, 1.82) is 0 Å². The maximum atomic E-state index is 10.5. The van der Waals surface area contributed by atoms with Crippen LogP contribution in [0.15, 0.2) is 35.3 Å². The van der Waals surface area contributed by atoms with Gasteiger partial charge in [-0.2, -0.15) is 0 Å². The third kappa shape index (κ3) is 3.43. The molecule has 4 nitrogen and oxygen atoms in total. The number of hydrogen-bond acceptors (Lipinski definition) is 3. The molecular formula is C11H13BrN2O2. The summed E-state index contributed by atoms with van der Waals surface area (Å²) in [6.45, 7) is 6.31. The molecule has 5 heteroatoms. The summed E-state index contributed by atoms with van der Waals surface area (Å²) in [7, 11) is 0. The molecule has 1 atom stereocenters. The Hall–Kier alpha value is -1.20. The van der Waals surface area contributed by atoms with Gasteiger partial charge in [-0.15, -0.1) is 6.58 Å². The summed E-state index contributed by atoms with van der Waals surface area (Å²) in [6, 6.07) is 4.96. The molecule has 0 heterocycles. The summed E-state index contributed by atoms with van der Waals surface area (Å²) in [4.78, 5) is 10.1. The number of nitro benzene ring substituents is 1. The lowest BCUT2D eigenvalue weighted by Gasteiger charge is -2.10. The fraction of sp³-hybridized carbons (Fsp3) is 0.273. The van der Waals surface area contributed by atoms with Gasteiger partial charge in [0.05, 0.1) is 4.92 Å². The van der Waals surface area contributed by atoms with Gasteiger partial charge < -0.3 is 5.32 Å². The smallest absolute Gasteiger partial charge is 0.270 e. The Labute approximate surface area is 103 Å². The number of benzene rings is 1. The van der Waals surface area contributed by atoms with Gasteiger partial charge in [-0.3, -0.25) is 10.1 Å². The lowest BCUT2D eigenvalue weighted by molar-refractivity contribution is -0.384. The van der Waals surface area contributed by atoms with Crippen LogP contribution in [0.3, 0.4) is 0 Å². The number of non-ortho nitro benzene ring substituents is 1. The molecule has 16 heavy (non-hydrogen) atoms. The molecule has 0 aliphatic rings. The normalized spacial score (nSPS) is 12.1. The third-order valence-corrected chi connectivity index (χ3v) is 2.95. The predicted molar refractivity (Wildman–Crippen MR) is 67.3 cm³/mol. The van der Waals surface area contributed by atoms with Crippen molar-refractivity contribution < 1.29 is 4.92 Å². The molecule has 0 aromatic heterocycles. The molecule has 86 valence electrons. The van der Waals surface area contributed by atoms with Crippen LogP contribution in [-0.4, -0.2) is 11.0 Å². The minimum atomic E-state index is -0.408. The Morgan fingerprint density at radius 2 is 2.38 bits per heavy atom. The molecule has 0 spiro atoms. The van der Waals surface area contributed by atoms with Gasteiger partial charge in [-0.05, 0) is 18.6 Å². The maximum Gasteiger partial charge on any atom is 0.270 e. The van der Waals surface area contributed by atoms with Gasteiger partial charge in [0.1, 0.15) is 0 Å². The first-order valence-electron chi connectivity index (χ1n) is 4.83. The molecule has 0 radical (unpaired) electrons. The van der Waals surface area contributed by atoms with Crippen LogP contribution in [0.2, 0.25) is 0 Å². The van der Waals surface area contributed by atoms with Crippen molar-refractivity contribution >= 4 is 21.6 Å². The average molecular weight is 285 g/mol. The van der Waals surface area contributed by atoms with Crippen molar-refractivity contribution in [3.63, 3.8) is 0 Å². The lowest BCUT2D eigenvalue weighted by Crippen LogP contribution is -2.23. The summed E-state index contributed by atoms with van der Waals surface area (Å²) in [5, 5.41) is 13.8. The van der Waals surface area contributed by atoms with E-state index in [9.17, 15) is 10.1 Å². The van der Waals surface area contributed by atoms with Gasteiger partial charge >= 0.3 is 0 Å². The van der Waals surface area contributed by atoms with E-state index in [0.29, 0.717) is 6.54 Å². The SMILES string of the molecule is C=CC(C)NCc1ccc([N+](=O)[O-])cc1Br. The first-order valence-corrected chi connectivity index (χ1v) is 5.62. The van der Waals surface area contributed by atoms with Gasteiger partial charge in [0.15, 0.2) is 0 Å². The van der Waals surface area contributed by atoms with Crippen LogP contribution in [0.1, 0.15) is 12.5 Å². The second-order valence-corrected chi connectivity index (χ2v) is 4.29. The fourth-order valence-corrected chi connectivity index (χ4v) is 1.65. The van der Waals surface area contributed by atoms with E-state index < -0.39 is 4.92 Å². The summed E-state index contributed by atoms with van der Waals surface area (Å²) >= 11 is 3.32. The highest BCUT2D eigenvalue weighted by Gasteiger charge is 2.08. The Balaban J connectivity index is 2.75. The first kappa shape index (κ1) is 12.9. The highest BCUT2D eigenvalue weighted by molar-refractivity contribution is 9.10. The molecular weight excluding hydrogens is 272 g/mol. The zero-order valence-electron chi connectivity index (χ0n) is 8.94. The molecule has 1 aromatic rings. The van der Waals surface area contributed by atoms with E-state index in [1.54, 1.807) is 12.1 Å². The molecule has 0 amide bonds. The van der Waals surface area contributed by atoms with Crippen molar-refractivity contribution in [3.05, 3.63) is 51.0 Å². The van der Waals surface area contributed by atoms with Crippen LogP contribution in [-0.2, 0) is 6.54 Å². The van der Waals surface area contributed by atoms with Crippen LogP contribution >= 0.6 is 15.9 Å². The first-order chi connectivity index (χ1) is 7.54. The highest BCUT2D eigenvalue weighted by Crippen LogP contribution is 2.22. The molecule has 1 aromatic carbocycles. The van der Waals surface area contributed by atoms with Crippen molar-refractivity contribution in [3.8, 4) is 0 Å². The van der Waals surface area contributed by atoms with Crippen LogP contribution in [0, 0.1) is 10.1 Å². The van der Waals surface area contributed by atoms with Crippen LogP contribution in [0.25, 0.3) is 0 Å².